The van der Waals surface area contributed by atoms with E-state index in [9.17, 15) is 29.3 Å². The quantitative estimate of drug-likeness (QED) is 0.311. The summed E-state index contributed by atoms with van der Waals surface area (Å²) in [5.41, 5.74) is 1.41. The smallest absolute Gasteiger partial charge is 0.338 e. The summed E-state index contributed by atoms with van der Waals surface area (Å²) in [6.07, 6.45) is 0.419. The van der Waals surface area contributed by atoms with Crippen molar-refractivity contribution < 1.29 is 28.8 Å². The molecule has 1 heterocycles. The fourth-order valence-corrected chi connectivity index (χ4v) is 3.02. The number of amides is 3. The van der Waals surface area contributed by atoms with E-state index in [1.54, 1.807) is 19.1 Å². The Bertz CT molecular complexity index is 1050. The first-order valence-corrected chi connectivity index (χ1v) is 9.39. The van der Waals surface area contributed by atoms with Crippen LogP contribution in [0.3, 0.4) is 0 Å². The number of nitrogens with zero attached hydrogens (tertiary/aromatic N) is 2. The first-order valence-electron chi connectivity index (χ1n) is 9.39. The summed E-state index contributed by atoms with van der Waals surface area (Å²) in [6, 6.07) is 10.4. The van der Waals surface area contributed by atoms with Crippen LogP contribution in [0.25, 0.3) is 0 Å². The predicted octanol–water partition coefficient (Wildman–Crippen LogP) is 2.35. The zero-order valence-electron chi connectivity index (χ0n) is 16.6. The molecule has 1 fully saturated rings. The largest absolute Gasteiger partial charge is 0.452 e. The first-order chi connectivity index (χ1) is 14.7. The molecule has 1 aliphatic heterocycles. The Morgan fingerprint density at radius 2 is 1.74 bits per heavy atom. The van der Waals surface area contributed by atoms with Gasteiger partial charge in [0.2, 0.25) is 11.8 Å². The van der Waals surface area contributed by atoms with Crippen LogP contribution in [0.1, 0.15) is 34.3 Å². The Kier molecular flexibility index (Phi) is 6.39. The predicted molar refractivity (Wildman–Crippen MR) is 108 cm³/mol. The van der Waals surface area contributed by atoms with Crippen molar-refractivity contribution in [3.8, 4) is 0 Å². The third-order valence-corrected chi connectivity index (χ3v) is 4.71. The topological polar surface area (TPSA) is 136 Å². The lowest BCUT2D eigenvalue weighted by Crippen LogP contribution is -2.28. The van der Waals surface area contributed by atoms with Crippen LogP contribution in [0.2, 0.25) is 0 Å². The highest BCUT2D eigenvalue weighted by atomic mass is 16.6. The number of aryl methyl sites for hydroxylation is 1. The van der Waals surface area contributed by atoms with Crippen LogP contribution in [0.5, 0.6) is 0 Å². The molecule has 3 amide bonds. The van der Waals surface area contributed by atoms with E-state index in [0.717, 1.165) is 0 Å². The number of imide groups is 1. The molecule has 31 heavy (non-hydrogen) atoms. The molecular weight excluding hydrogens is 406 g/mol. The second-order valence-corrected chi connectivity index (χ2v) is 6.95. The average molecular weight is 425 g/mol. The van der Waals surface area contributed by atoms with Gasteiger partial charge in [-0.25, -0.2) is 4.79 Å². The molecule has 10 nitrogen and oxygen atoms in total. The molecule has 0 bridgehead atoms. The number of hydrogen-bond donors (Lipinski definition) is 1. The standard InChI is InChI=1S/C21H19N3O7/c1-13-2-7-16(10-17(13)24(29)30)22-18(25)12-31-21(28)15-5-3-14(4-6-15)11-23-19(26)8-9-20(23)27/h2-7,10H,8-9,11-12H2,1H3,(H,22,25). The van der Waals surface area contributed by atoms with Crippen molar-refractivity contribution in [1.82, 2.24) is 4.90 Å². The highest BCUT2D eigenvalue weighted by molar-refractivity contribution is 6.01. The Labute approximate surface area is 176 Å². The highest BCUT2D eigenvalue weighted by Crippen LogP contribution is 2.22. The monoisotopic (exact) mass is 425 g/mol. The fraction of sp³-hybridized carbons (Fsp3) is 0.238. The summed E-state index contributed by atoms with van der Waals surface area (Å²) in [6.45, 7) is 1.15. The van der Waals surface area contributed by atoms with Gasteiger partial charge in [-0.2, -0.15) is 0 Å². The van der Waals surface area contributed by atoms with Gasteiger partial charge in [-0.1, -0.05) is 18.2 Å². The van der Waals surface area contributed by atoms with E-state index < -0.39 is 23.4 Å². The number of rotatable bonds is 7. The molecule has 0 spiro atoms. The number of esters is 1. The number of nitrogens with one attached hydrogen (secondary N) is 1. The number of anilines is 1. The van der Waals surface area contributed by atoms with Gasteiger partial charge in [0.15, 0.2) is 6.61 Å². The Balaban J connectivity index is 1.53. The van der Waals surface area contributed by atoms with Crippen LogP contribution >= 0.6 is 0 Å². The molecule has 2 aromatic carbocycles. The summed E-state index contributed by atoms with van der Waals surface area (Å²) in [5.74, 6) is -1.82. The molecule has 2 aromatic rings. The van der Waals surface area contributed by atoms with E-state index in [1.807, 2.05) is 0 Å². The van der Waals surface area contributed by atoms with Crippen molar-refractivity contribution in [3.05, 3.63) is 69.3 Å². The molecular formula is C21H19N3O7. The molecule has 1 aliphatic rings. The van der Waals surface area contributed by atoms with Crippen LogP contribution < -0.4 is 5.32 Å². The molecule has 1 saturated heterocycles. The lowest BCUT2D eigenvalue weighted by molar-refractivity contribution is -0.385. The summed E-state index contributed by atoms with van der Waals surface area (Å²) in [5, 5.41) is 13.4. The van der Waals surface area contributed by atoms with Crippen molar-refractivity contribution in [1.29, 1.82) is 0 Å². The third-order valence-electron chi connectivity index (χ3n) is 4.71. The minimum Gasteiger partial charge on any atom is -0.452 e. The van der Waals surface area contributed by atoms with Crippen molar-refractivity contribution in [2.24, 2.45) is 0 Å². The second-order valence-electron chi connectivity index (χ2n) is 6.95. The maximum Gasteiger partial charge on any atom is 0.338 e. The lowest BCUT2D eigenvalue weighted by atomic mass is 10.1. The molecule has 0 atom stereocenters. The number of benzene rings is 2. The van der Waals surface area contributed by atoms with Gasteiger partial charge >= 0.3 is 5.97 Å². The van der Waals surface area contributed by atoms with Crippen LogP contribution in [0.4, 0.5) is 11.4 Å². The lowest BCUT2D eigenvalue weighted by Gasteiger charge is -2.13. The summed E-state index contributed by atoms with van der Waals surface area (Å²) < 4.78 is 4.97. The minimum atomic E-state index is -0.732. The normalized spacial score (nSPS) is 13.3. The number of carbonyl (C=O) groups is 4. The van der Waals surface area contributed by atoms with Crippen LogP contribution in [0.15, 0.2) is 42.5 Å². The van der Waals surface area contributed by atoms with Crippen molar-refractivity contribution in [2.75, 3.05) is 11.9 Å². The molecule has 3 rings (SSSR count). The molecule has 0 saturated carbocycles. The van der Waals surface area contributed by atoms with E-state index in [-0.39, 0.29) is 48.1 Å². The van der Waals surface area contributed by atoms with Crippen LogP contribution in [-0.2, 0) is 25.7 Å². The second kappa shape index (κ2) is 9.16. The van der Waals surface area contributed by atoms with E-state index in [4.69, 9.17) is 4.74 Å². The van der Waals surface area contributed by atoms with Gasteiger partial charge in [0.1, 0.15) is 0 Å². The molecule has 0 radical (unpaired) electrons. The first kappa shape index (κ1) is 21.6. The molecule has 160 valence electrons. The van der Waals surface area contributed by atoms with E-state index >= 15 is 0 Å². The van der Waals surface area contributed by atoms with E-state index in [0.29, 0.717) is 11.1 Å². The maximum absolute atomic E-state index is 12.1. The zero-order valence-corrected chi connectivity index (χ0v) is 16.6. The number of ether oxygens (including phenoxy) is 1. The van der Waals surface area contributed by atoms with Gasteiger partial charge in [-0.15, -0.1) is 0 Å². The Hall–Kier alpha value is -4.08. The number of likely N-dealkylation sites (tertiary alicyclic amines) is 1. The van der Waals surface area contributed by atoms with Gasteiger partial charge in [0, 0.05) is 30.2 Å². The number of hydrogen-bond acceptors (Lipinski definition) is 7. The average Bonchev–Trinajstić information content (AvgIpc) is 3.05. The Morgan fingerprint density at radius 3 is 2.35 bits per heavy atom. The third kappa shape index (κ3) is 5.30. The number of carbonyl (C=O) groups excluding carboxylic acids is 4. The van der Waals surface area contributed by atoms with Crippen LogP contribution in [0, 0.1) is 17.0 Å². The van der Waals surface area contributed by atoms with Crippen molar-refractivity contribution in [2.45, 2.75) is 26.3 Å². The van der Waals surface area contributed by atoms with Gasteiger partial charge < -0.3 is 10.1 Å². The van der Waals surface area contributed by atoms with Crippen LogP contribution in [-0.4, -0.2) is 40.1 Å². The SMILES string of the molecule is Cc1ccc(NC(=O)COC(=O)c2ccc(CN3C(=O)CCC3=O)cc2)cc1[N+](=O)[O-]. The van der Waals surface area contributed by atoms with Crippen molar-refractivity contribution in [3.63, 3.8) is 0 Å². The van der Waals surface area contributed by atoms with Gasteiger partial charge in [0.05, 0.1) is 17.0 Å². The van der Waals surface area contributed by atoms with E-state index in [2.05, 4.69) is 5.32 Å². The van der Waals surface area contributed by atoms with Crippen molar-refractivity contribution >= 4 is 35.1 Å². The summed E-state index contributed by atoms with van der Waals surface area (Å²) in [7, 11) is 0. The molecule has 0 aromatic heterocycles. The van der Waals surface area contributed by atoms with Gasteiger partial charge in [-0.05, 0) is 30.7 Å². The molecule has 1 N–H and O–H groups in total. The maximum atomic E-state index is 12.1. The molecule has 10 heteroatoms. The number of nitro benzene ring substituents is 1. The van der Waals surface area contributed by atoms with E-state index in [1.165, 1.54) is 35.2 Å². The zero-order chi connectivity index (χ0) is 22.5. The number of nitro groups is 1. The molecule has 0 aliphatic carbocycles. The summed E-state index contributed by atoms with van der Waals surface area (Å²) >= 11 is 0. The molecule has 0 unspecified atom stereocenters. The van der Waals surface area contributed by atoms with Gasteiger partial charge in [-0.3, -0.25) is 29.4 Å². The highest BCUT2D eigenvalue weighted by Gasteiger charge is 2.28. The minimum absolute atomic E-state index is 0.132. The fourth-order valence-electron chi connectivity index (χ4n) is 3.02. The Morgan fingerprint density at radius 1 is 1.10 bits per heavy atom. The summed E-state index contributed by atoms with van der Waals surface area (Å²) in [4.78, 5) is 59.1. The van der Waals surface area contributed by atoms with Gasteiger partial charge in [0.25, 0.3) is 11.6 Å².